The first-order valence-corrected chi connectivity index (χ1v) is 7.78. The number of likely N-dealkylation sites (tertiary alicyclic amines) is 1. The molecule has 2 heterocycles. The quantitative estimate of drug-likeness (QED) is 0.913. The second-order valence-electron chi connectivity index (χ2n) is 5.56. The predicted molar refractivity (Wildman–Crippen MR) is 83.8 cm³/mol. The van der Waals surface area contributed by atoms with Gasteiger partial charge in [-0.05, 0) is 25.0 Å². The molecule has 0 spiro atoms. The Morgan fingerprint density at radius 1 is 1.10 bits per heavy atom. The van der Waals surface area contributed by atoms with E-state index in [4.69, 9.17) is 4.74 Å². The molecule has 2 aliphatic heterocycles. The van der Waals surface area contributed by atoms with E-state index >= 15 is 0 Å². The molecule has 0 atom stereocenters. The summed E-state index contributed by atoms with van der Waals surface area (Å²) < 4.78 is 5.40. The zero-order chi connectivity index (χ0) is 14.5. The van der Waals surface area contributed by atoms with Crippen molar-refractivity contribution in [1.29, 1.82) is 0 Å². The molecule has 0 bridgehead atoms. The number of benzene rings is 1. The van der Waals surface area contributed by atoms with Crippen LogP contribution in [0.5, 0.6) is 0 Å². The van der Waals surface area contributed by atoms with Gasteiger partial charge in [-0.2, -0.15) is 0 Å². The SMILES string of the molecule is O=C(CNc1ccccc1N1CCOCC1)N1CCCC1. The van der Waals surface area contributed by atoms with E-state index < -0.39 is 0 Å². The first kappa shape index (κ1) is 14.2. The van der Waals surface area contributed by atoms with Crippen LogP contribution < -0.4 is 10.2 Å². The molecule has 2 saturated heterocycles. The summed E-state index contributed by atoms with van der Waals surface area (Å²) in [5, 5.41) is 3.31. The lowest BCUT2D eigenvalue weighted by Crippen LogP contribution is -2.37. The summed E-state index contributed by atoms with van der Waals surface area (Å²) in [5.41, 5.74) is 2.20. The van der Waals surface area contributed by atoms with Crippen molar-refractivity contribution in [3.8, 4) is 0 Å². The molecule has 3 rings (SSSR count). The molecule has 114 valence electrons. The molecule has 1 N–H and O–H groups in total. The van der Waals surface area contributed by atoms with E-state index in [1.165, 1.54) is 0 Å². The maximum Gasteiger partial charge on any atom is 0.241 e. The van der Waals surface area contributed by atoms with Crippen LogP contribution in [-0.4, -0.2) is 56.7 Å². The van der Waals surface area contributed by atoms with Crippen LogP contribution in [0.15, 0.2) is 24.3 Å². The van der Waals surface area contributed by atoms with Gasteiger partial charge in [0.1, 0.15) is 0 Å². The number of amides is 1. The second kappa shape index (κ2) is 6.80. The Kier molecular flexibility index (Phi) is 4.60. The minimum absolute atomic E-state index is 0.198. The zero-order valence-corrected chi connectivity index (χ0v) is 12.4. The molecule has 1 aromatic rings. The predicted octanol–water partition coefficient (Wildman–Crippen LogP) is 1.56. The summed E-state index contributed by atoms with van der Waals surface area (Å²) in [6.45, 7) is 5.53. The number of anilines is 2. The van der Waals surface area contributed by atoms with E-state index in [9.17, 15) is 4.79 Å². The van der Waals surface area contributed by atoms with Gasteiger partial charge >= 0.3 is 0 Å². The average molecular weight is 289 g/mol. The maximum atomic E-state index is 12.1. The van der Waals surface area contributed by atoms with Gasteiger partial charge in [0.25, 0.3) is 0 Å². The molecular formula is C16H23N3O2. The Hall–Kier alpha value is -1.75. The second-order valence-corrected chi connectivity index (χ2v) is 5.56. The summed E-state index contributed by atoms with van der Waals surface area (Å²) in [6, 6.07) is 8.20. The molecule has 1 aromatic carbocycles. The topological polar surface area (TPSA) is 44.8 Å². The number of ether oxygens (including phenoxy) is 1. The van der Waals surface area contributed by atoms with Gasteiger partial charge < -0.3 is 19.9 Å². The van der Waals surface area contributed by atoms with Crippen molar-refractivity contribution < 1.29 is 9.53 Å². The summed E-state index contributed by atoms with van der Waals surface area (Å²) in [5.74, 6) is 0.198. The third-order valence-corrected chi connectivity index (χ3v) is 4.14. The minimum atomic E-state index is 0.198. The van der Waals surface area contributed by atoms with E-state index in [0.717, 1.165) is 63.6 Å². The molecule has 2 aliphatic rings. The van der Waals surface area contributed by atoms with Crippen LogP contribution in [0.3, 0.4) is 0 Å². The van der Waals surface area contributed by atoms with Gasteiger partial charge in [-0.1, -0.05) is 12.1 Å². The molecule has 0 unspecified atom stereocenters. The van der Waals surface area contributed by atoms with Gasteiger partial charge in [-0.15, -0.1) is 0 Å². The highest BCUT2D eigenvalue weighted by Gasteiger charge is 2.19. The number of nitrogens with one attached hydrogen (secondary N) is 1. The molecule has 5 nitrogen and oxygen atoms in total. The molecule has 1 amide bonds. The molecule has 2 fully saturated rings. The number of rotatable bonds is 4. The number of carbonyl (C=O) groups excluding carboxylic acids is 1. The Bertz CT molecular complexity index is 480. The number of morpholine rings is 1. The van der Waals surface area contributed by atoms with Crippen molar-refractivity contribution in [3.05, 3.63) is 24.3 Å². The molecule has 5 heteroatoms. The largest absolute Gasteiger partial charge is 0.378 e. The summed E-state index contributed by atoms with van der Waals surface area (Å²) in [7, 11) is 0. The summed E-state index contributed by atoms with van der Waals surface area (Å²) in [6.07, 6.45) is 2.27. The monoisotopic (exact) mass is 289 g/mol. The Morgan fingerprint density at radius 2 is 1.81 bits per heavy atom. The smallest absolute Gasteiger partial charge is 0.241 e. The summed E-state index contributed by atoms with van der Waals surface area (Å²) in [4.78, 5) is 16.4. The fraction of sp³-hybridized carbons (Fsp3) is 0.562. The van der Waals surface area contributed by atoms with E-state index in [1.807, 2.05) is 23.1 Å². The fourth-order valence-corrected chi connectivity index (χ4v) is 2.95. The Labute approximate surface area is 125 Å². The number of hydrogen-bond donors (Lipinski definition) is 1. The fourth-order valence-electron chi connectivity index (χ4n) is 2.95. The molecule has 0 saturated carbocycles. The van der Waals surface area contributed by atoms with Crippen molar-refractivity contribution in [2.24, 2.45) is 0 Å². The van der Waals surface area contributed by atoms with Gasteiger partial charge in [0.15, 0.2) is 0 Å². The van der Waals surface area contributed by atoms with Gasteiger partial charge in [0.05, 0.1) is 31.1 Å². The molecule has 21 heavy (non-hydrogen) atoms. The van der Waals surface area contributed by atoms with Gasteiger partial charge in [0.2, 0.25) is 5.91 Å². The van der Waals surface area contributed by atoms with Gasteiger partial charge in [-0.3, -0.25) is 4.79 Å². The van der Waals surface area contributed by atoms with E-state index in [1.54, 1.807) is 0 Å². The standard InChI is InChI=1S/C16H23N3O2/c20-16(19-7-3-4-8-19)13-17-14-5-1-2-6-15(14)18-9-11-21-12-10-18/h1-2,5-6,17H,3-4,7-13H2. The third-order valence-electron chi connectivity index (χ3n) is 4.14. The van der Waals surface area contributed by atoms with Crippen LogP contribution in [0, 0.1) is 0 Å². The van der Waals surface area contributed by atoms with Gasteiger partial charge in [-0.25, -0.2) is 0 Å². The highest BCUT2D eigenvalue weighted by Crippen LogP contribution is 2.26. The lowest BCUT2D eigenvalue weighted by Gasteiger charge is -2.30. The zero-order valence-electron chi connectivity index (χ0n) is 12.4. The van der Waals surface area contributed by atoms with Crippen molar-refractivity contribution in [2.45, 2.75) is 12.8 Å². The van der Waals surface area contributed by atoms with Crippen molar-refractivity contribution in [1.82, 2.24) is 4.90 Å². The van der Waals surface area contributed by atoms with Gasteiger partial charge in [0, 0.05) is 26.2 Å². The summed E-state index contributed by atoms with van der Waals surface area (Å²) >= 11 is 0. The molecule has 0 aliphatic carbocycles. The molecule has 0 aromatic heterocycles. The van der Waals surface area contributed by atoms with E-state index in [2.05, 4.69) is 16.3 Å². The lowest BCUT2D eigenvalue weighted by atomic mass is 10.2. The third kappa shape index (κ3) is 3.47. The first-order chi connectivity index (χ1) is 10.3. The van der Waals surface area contributed by atoms with Crippen LogP contribution in [-0.2, 0) is 9.53 Å². The Morgan fingerprint density at radius 3 is 2.57 bits per heavy atom. The highest BCUT2D eigenvalue weighted by molar-refractivity contribution is 5.83. The number of hydrogen-bond acceptors (Lipinski definition) is 4. The number of nitrogens with zero attached hydrogens (tertiary/aromatic N) is 2. The molecule has 0 radical (unpaired) electrons. The highest BCUT2D eigenvalue weighted by atomic mass is 16.5. The van der Waals surface area contributed by atoms with Crippen LogP contribution in [0.1, 0.15) is 12.8 Å². The van der Waals surface area contributed by atoms with E-state index in [-0.39, 0.29) is 5.91 Å². The van der Waals surface area contributed by atoms with Crippen LogP contribution in [0.25, 0.3) is 0 Å². The van der Waals surface area contributed by atoms with Crippen LogP contribution in [0.2, 0.25) is 0 Å². The first-order valence-electron chi connectivity index (χ1n) is 7.78. The lowest BCUT2D eigenvalue weighted by molar-refractivity contribution is -0.128. The minimum Gasteiger partial charge on any atom is -0.378 e. The average Bonchev–Trinajstić information content (AvgIpc) is 3.08. The molecular weight excluding hydrogens is 266 g/mol. The van der Waals surface area contributed by atoms with Crippen molar-refractivity contribution in [2.75, 3.05) is 56.2 Å². The normalized spacial score (nSPS) is 18.9. The van der Waals surface area contributed by atoms with E-state index in [0.29, 0.717) is 6.54 Å². The van der Waals surface area contributed by atoms with Crippen molar-refractivity contribution in [3.63, 3.8) is 0 Å². The van der Waals surface area contributed by atoms with Crippen molar-refractivity contribution >= 4 is 17.3 Å². The Balaban J connectivity index is 1.63. The number of para-hydroxylation sites is 2. The number of carbonyl (C=O) groups is 1. The van der Waals surface area contributed by atoms with Crippen LogP contribution >= 0.6 is 0 Å². The maximum absolute atomic E-state index is 12.1. The van der Waals surface area contributed by atoms with Crippen LogP contribution in [0.4, 0.5) is 11.4 Å².